The van der Waals surface area contributed by atoms with E-state index in [0.717, 1.165) is 25.2 Å². The number of nitrogens with one attached hydrogen (secondary N) is 1. The summed E-state index contributed by atoms with van der Waals surface area (Å²) in [7, 11) is 1.97. The summed E-state index contributed by atoms with van der Waals surface area (Å²) in [5, 5.41) is 8.48. The zero-order chi connectivity index (χ0) is 26.7. The van der Waals surface area contributed by atoms with Crippen molar-refractivity contribution in [1.29, 1.82) is 0 Å². The zero-order valence-corrected chi connectivity index (χ0v) is 20.4. The van der Waals surface area contributed by atoms with Crippen LogP contribution in [0.1, 0.15) is 18.1 Å². The first-order chi connectivity index (χ1) is 17.5. The van der Waals surface area contributed by atoms with E-state index in [1.807, 2.05) is 7.05 Å². The van der Waals surface area contributed by atoms with Crippen molar-refractivity contribution in [3.63, 3.8) is 0 Å². The number of likely N-dealkylation sites (N-methyl/N-ethyl adjacent to an activating group) is 1. The second-order valence-corrected chi connectivity index (χ2v) is 9.02. The molecule has 2 aromatic rings. The minimum atomic E-state index is -4.67. The molecular weight excluding hydrogens is 494 g/mol. The van der Waals surface area contributed by atoms with E-state index >= 15 is 4.39 Å². The monoisotopic (exact) mass is 521 g/mol. The molecule has 2 heterocycles. The normalized spacial score (nSPS) is 19.0. The molecule has 37 heavy (non-hydrogen) atoms. The van der Waals surface area contributed by atoms with E-state index in [9.17, 15) is 22.8 Å². The predicted molar refractivity (Wildman–Crippen MR) is 130 cm³/mol. The van der Waals surface area contributed by atoms with Crippen LogP contribution in [0.5, 0.6) is 0 Å². The summed E-state index contributed by atoms with van der Waals surface area (Å²) >= 11 is 0. The van der Waals surface area contributed by atoms with Crippen molar-refractivity contribution in [1.82, 2.24) is 15.2 Å². The maximum Gasteiger partial charge on any atom is 0.417 e. The molecule has 2 saturated heterocycles. The standard InChI is InChI=1S/C25H27F4N5O3/c1-16(35)30-14-20-15-34(24(36)37-20)19-5-6-21(23(26)12-19)17-3-4-18(22(11-17)25(27,28)29)13-31-33-9-7-32(2)8-10-33/h3-6,11-13,20H,7-10,14-15H2,1-2H3,(H,30,35)/b31-13+/t20-/m0/s1. The summed E-state index contributed by atoms with van der Waals surface area (Å²) in [4.78, 5) is 26.6. The fraction of sp³-hybridized carbons (Fsp3) is 0.400. The van der Waals surface area contributed by atoms with Crippen LogP contribution >= 0.6 is 0 Å². The van der Waals surface area contributed by atoms with E-state index in [1.165, 1.54) is 42.3 Å². The smallest absolute Gasteiger partial charge is 0.417 e. The van der Waals surface area contributed by atoms with E-state index in [-0.39, 0.29) is 41.4 Å². The van der Waals surface area contributed by atoms with Gasteiger partial charge in [0.25, 0.3) is 0 Å². The van der Waals surface area contributed by atoms with Crippen LogP contribution in [0.25, 0.3) is 11.1 Å². The summed E-state index contributed by atoms with van der Waals surface area (Å²) in [6, 6.07) is 7.43. The molecule has 2 aliphatic heterocycles. The molecule has 0 saturated carbocycles. The quantitative estimate of drug-likeness (QED) is 0.465. The molecule has 198 valence electrons. The Labute approximate surface area is 211 Å². The third-order valence-electron chi connectivity index (χ3n) is 6.23. The first-order valence-electron chi connectivity index (χ1n) is 11.7. The second-order valence-electron chi connectivity index (χ2n) is 9.02. The number of hydrogen-bond acceptors (Lipinski definition) is 6. The molecule has 0 radical (unpaired) electrons. The van der Waals surface area contributed by atoms with Gasteiger partial charge in [0.15, 0.2) is 0 Å². The lowest BCUT2D eigenvalue weighted by atomic mass is 9.98. The molecule has 0 spiro atoms. The van der Waals surface area contributed by atoms with Gasteiger partial charge in [0.1, 0.15) is 11.9 Å². The van der Waals surface area contributed by atoms with Gasteiger partial charge in [-0.25, -0.2) is 9.18 Å². The van der Waals surface area contributed by atoms with Crippen LogP contribution in [0, 0.1) is 5.82 Å². The minimum Gasteiger partial charge on any atom is -0.442 e. The molecule has 2 fully saturated rings. The van der Waals surface area contributed by atoms with E-state index in [0.29, 0.717) is 13.1 Å². The Hall–Kier alpha value is -3.67. The van der Waals surface area contributed by atoms with Gasteiger partial charge in [-0.05, 0) is 36.9 Å². The Morgan fingerprint density at radius 2 is 1.89 bits per heavy atom. The van der Waals surface area contributed by atoms with Gasteiger partial charge in [-0.15, -0.1) is 0 Å². The van der Waals surface area contributed by atoms with E-state index in [4.69, 9.17) is 4.74 Å². The Balaban J connectivity index is 1.55. The van der Waals surface area contributed by atoms with Crippen LogP contribution in [0.4, 0.5) is 28.0 Å². The maximum absolute atomic E-state index is 15.1. The number of rotatable bonds is 6. The fourth-order valence-electron chi connectivity index (χ4n) is 4.14. The van der Waals surface area contributed by atoms with Crippen LogP contribution in [-0.2, 0) is 15.7 Å². The van der Waals surface area contributed by atoms with Gasteiger partial charge < -0.3 is 15.0 Å². The number of halogens is 4. The number of benzene rings is 2. The molecule has 2 aromatic carbocycles. The number of amides is 2. The SMILES string of the molecule is CC(=O)NC[C@H]1CN(c2ccc(-c3ccc(/C=N/N4CCN(C)CC4)c(C(F)(F)F)c3)c(F)c2)C(=O)O1. The topological polar surface area (TPSA) is 77.5 Å². The second kappa shape index (κ2) is 10.8. The molecule has 0 aliphatic carbocycles. The number of carbonyl (C=O) groups is 2. The average molecular weight is 522 g/mol. The third-order valence-corrected chi connectivity index (χ3v) is 6.23. The Bertz CT molecular complexity index is 1200. The van der Waals surface area contributed by atoms with E-state index in [2.05, 4.69) is 15.3 Å². The van der Waals surface area contributed by atoms with Gasteiger partial charge in [-0.1, -0.05) is 12.1 Å². The van der Waals surface area contributed by atoms with Crippen LogP contribution in [0.3, 0.4) is 0 Å². The Kier molecular flexibility index (Phi) is 7.67. The number of alkyl halides is 3. The first kappa shape index (κ1) is 26.4. The lowest BCUT2D eigenvalue weighted by Crippen LogP contribution is -2.41. The van der Waals surface area contributed by atoms with Crippen molar-refractivity contribution in [2.45, 2.75) is 19.2 Å². The molecule has 12 heteroatoms. The van der Waals surface area contributed by atoms with Crippen molar-refractivity contribution in [2.75, 3.05) is 51.2 Å². The Morgan fingerprint density at radius 3 is 2.54 bits per heavy atom. The molecule has 1 N–H and O–H groups in total. The predicted octanol–water partition coefficient (Wildman–Crippen LogP) is 3.55. The highest BCUT2D eigenvalue weighted by Gasteiger charge is 2.35. The highest BCUT2D eigenvalue weighted by Crippen LogP contribution is 2.36. The molecule has 0 unspecified atom stereocenters. The van der Waals surface area contributed by atoms with Gasteiger partial charge >= 0.3 is 12.3 Å². The molecule has 8 nitrogen and oxygen atoms in total. The fourth-order valence-corrected chi connectivity index (χ4v) is 4.14. The third kappa shape index (κ3) is 6.37. The molecular formula is C25H27F4N5O3. The first-order valence-corrected chi connectivity index (χ1v) is 11.7. The van der Waals surface area contributed by atoms with Gasteiger partial charge in [0.2, 0.25) is 5.91 Å². The van der Waals surface area contributed by atoms with Gasteiger partial charge in [-0.2, -0.15) is 18.3 Å². The van der Waals surface area contributed by atoms with Crippen molar-refractivity contribution < 1.29 is 31.9 Å². The Morgan fingerprint density at radius 1 is 1.16 bits per heavy atom. The van der Waals surface area contributed by atoms with E-state index < -0.39 is 29.8 Å². The highest BCUT2D eigenvalue weighted by atomic mass is 19.4. The van der Waals surface area contributed by atoms with Crippen molar-refractivity contribution in [3.05, 3.63) is 53.3 Å². The molecule has 1 atom stereocenters. The van der Waals surface area contributed by atoms with Crippen molar-refractivity contribution in [2.24, 2.45) is 5.10 Å². The molecule has 2 aliphatic rings. The van der Waals surface area contributed by atoms with Crippen LogP contribution < -0.4 is 10.2 Å². The number of cyclic esters (lactones) is 1. The van der Waals surface area contributed by atoms with Crippen LogP contribution in [0.2, 0.25) is 0 Å². The summed E-state index contributed by atoms with van der Waals surface area (Å²) in [5.41, 5.74) is -0.837. The zero-order valence-electron chi connectivity index (χ0n) is 20.4. The van der Waals surface area contributed by atoms with E-state index in [1.54, 1.807) is 5.01 Å². The van der Waals surface area contributed by atoms with Crippen molar-refractivity contribution in [3.8, 4) is 11.1 Å². The summed E-state index contributed by atoms with van der Waals surface area (Å²) in [6.07, 6.45) is -4.79. The maximum atomic E-state index is 15.1. The number of piperazine rings is 1. The number of ether oxygens (including phenoxy) is 1. The summed E-state index contributed by atoms with van der Waals surface area (Å²) < 4.78 is 61.8. The van der Waals surface area contributed by atoms with Gasteiger partial charge in [0.05, 0.1) is 30.6 Å². The summed E-state index contributed by atoms with van der Waals surface area (Å²) in [5.74, 6) is -1.07. The molecule has 2 amide bonds. The molecule has 0 bridgehead atoms. The summed E-state index contributed by atoms with van der Waals surface area (Å²) in [6.45, 7) is 4.30. The van der Waals surface area contributed by atoms with Crippen LogP contribution in [0.15, 0.2) is 41.5 Å². The molecule has 0 aromatic heterocycles. The molecule has 4 rings (SSSR count). The highest BCUT2D eigenvalue weighted by molar-refractivity contribution is 5.90. The number of nitrogens with zero attached hydrogens (tertiary/aromatic N) is 4. The van der Waals surface area contributed by atoms with Gasteiger partial charge in [-0.3, -0.25) is 14.7 Å². The van der Waals surface area contributed by atoms with Crippen LogP contribution in [-0.4, -0.2) is 80.5 Å². The number of anilines is 1. The minimum absolute atomic E-state index is 0.0423. The average Bonchev–Trinajstić information content (AvgIpc) is 3.22. The number of hydrazone groups is 1. The van der Waals surface area contributed by atoms with Crippen molar-refractivity contribution >= 4 is 23.9 Å². The number of hydrogen-bond donors (Lipinski definition) is 1. The van der Waals surface area contributed by atoms with Gasteiger partial charge in [0, 0.05) is 44.2 Å². The largest absolute Gasteiger partial charge is 0.442 e. The lowest BCUT2D eigenvalue weighted by molar-refractivity contribution is -0.137. The number of carbonyl (C=O) groups excluding carboxylic acids is 2. The lowest BCUT2D eigenvalue weighted by Gasteiger charge is -2.30.